The van der Waals surface area contributed by atoms with Gasteiger partial charge in [-0.25, -0.2) is 0 Å². The van der Waals surface area contributed by atoms with Crippen LogP contribution in [0.3, 0.4) is 0 Å². The maximum Gasteiger partial charge on any atom is 0.252 e. The van der Waals surface area contributed by atoms with Gasteiger partial charge in [0.05, 0.1) is 10.6 Å². The number of amides is 1. The minimum absolute atomic E-state index is 0.139. The molecule has 0 aromatic carbocycles. The summed E-state index contributed by atoms with van der Waals surface area (Å²) in [6, 6.07) is 1.62. The van der Waals surface area contributed by atoms with Gasteiger partial charge < -0.3 is 5.32 Å². The predicted molar refractivity (Wildman–Crippen MR) is 69.1 cm³/mol. The number of rotatable bonds is 5. The zero-order valence-corrected chi connectivity index (χ0v) is 10.9. The summed E-state index contributed by atoms with van der Waals surface area (Å²) < 4.78 is 0. The molecule has 1 N–H and O–H groups in total. The number of nitrogens with one attached hydrogen (secondary N) is 1. The predicted octanol–water partition coefficient (Wildman–Crippen LogP) is 2.46. The van der Waals surface area contributed by atoms with Crippen LogP contribution in [0.4, 0.5) is 0 Å². The molecule has 16 heavy (non-hydrogen) atoms. The number of carbonyl (C=O) groups is 1. The highest BCUT2D eigenvalue weighted by atomic mass is 35.5. The van der Waals surface area contributed by atoms with E-state index in [0.29, 0.717) is 23.0 Å². The Morgan fingerprint density at radius 2 is 2.44 bits per heavy atom. The van der Waals surface area contributed by atoms with E-state index in [0.717, 1.165) is 5.75 Å². The van der Waals surface area contributed by atoms with Crippen molar-refractivity contribution in [2.24, 2.45) is 5.92 Å². The summed E-state index contributed by atoms with van der Waals surface area (Å²) in [5.74, 6) is 1.35. The monoisotopic (exact) mass is 258 g/mol. The zero-order chi connectivity index (χ0) is 12.0. The molecule has 0 bridgehead atoms. The van der Waals surface area contributed by atoms with Crippen LogP contribution in [-0.4, -0.2) is 29.4 Å². The maximum absolute atomic E-state index is 11.7. The van der Waals surface area contributed by atoms with E-state index >= 15 is 0 Å². The molecule has 5 heteroatoms. The van der Waals surface area contributed by atoms with Gasteiger partial charge in [-0.2, -0.15) is 11.8 Å². The van der Waals surface area contributed by atoms with Crippen LogP contribution >= 0.6 is 23.4 Å². The summed E-state index contributed by atoms with van der Waals surface area (Å²) in [5, 5.41) is 3.25. The number of hydrogen-bond donors (Lipinski definition) is 1. The summed E-state index contributed by atoms with van der Waals surface area (Å²) in [7, 11) is 0. The van der Waals surface area contributed by atoms with Crippen molar-refractivity contribution >= 4 is 29.3 Å². The Morgan fingerprint density at radius 3 is 3.06 bits per heavy atom. The van der Waals surface area contributed by atoms with Gasteiger partial charge in [0, 0.05) is 18.9 Å². The first-order valence-electron chi connectivity index (χ1n) is 5.01. The van der Waals surface area contributed by atoms with Gasteiger partial charge in [-0.3, -0.25) is 9.78 Å². The minimum atomic E-state index is -0.139. The lowest BCUT2D eigenvalue weighted by Crippen LogP contribution is -2.29. The van der Waals surface area contributed by atoms with Gasteiger partial charge in [-0.15, -0.1) is 0 Å². The third-order valence-electron chi connectivity index (χ3n) is 2.08. The van der Waals surface area contributed by atoms with Crippen LogP contribution in [0.5, 0.6) is 0 Å². The molecule has 1 aromatic rings. The van der Waals surface area contributed by atoms with Crippen LogP contribution in [0.1, 0.15) is 17.3 Å². The smallest absolute Gasteiger partial charge is 0.252 e. The van der Waals surface area contributed by atoms with E-state index in [4.69, 9.17) is 11.6 Å². The zero-order valence-electron chi connectivity index (χ0n) is 9.37. The van der Waals surface area contributed by atoms with E-state index in [2.05, 4.69) is 23.5 Å². The fourth-order valence-corrected chi connectivity index (χ4v) is 2.16. The molecule has 1 aromatic heterocycles. The van der Waals surface area contributed by atoms with E-state index in [9.17, 15) is 4.79 Å². The van der Waals surface area contributed by atoms with Crippen LogP contribution in [0.15, 0.2) is 18.5 Å². The fraction of sp³-hybridized carbons (Fsp3) is 0.455. The van der Waals surface area contributed by atoms with Crippen molar-refractivity contribution in [1.29, 1.82) is 0 Å². The van der Waals surface area contributed by atoms with Crippen molar-refractivity contribution in [3.05, 3.63) is 29.0 Å². The van der Waals surface area contributed by atoms with Gasteiger partial charge in [0.2, 0.25) is 0 Å². The molecule has 0 spiro atoms. The van der Waals surface area contributed by atoms with Crippen LogP contribution in [0.2, 0.25) is 5.02 Å². The van der Waals surface area contributed by atoms with Gasteiger partial charge in [0.25, 0.3) is 5.91 Å². The Kier molecular flexibility index (Phi) is 5.63. The van der Waals surface area contributed by atoms with Gasteiger partial charge in [0.15, 0.2) is 0 Å². The lowest BCUT2D eigenvalue weighted by Gasteiger charge is -2.11. The van der Waals surface area contributed by atoms with Crippen molar-refractivity contribution in [3.63, 3.8) is 0 Å². The van der Waals surface area contributed by atoms with Crippen molar-refractivity contribution < 1.29 is 4.79 Å². The average Bonchev–Trinajstić information content (AvgIpc) is 2.27. The molecule has 1 atom stereocenters. The van der Waals surface area contributed by atoms with Crippen molar-refractivity contribution in [1.82, 2.24) is 10.3 Å². The van der Waals surface area contributed by atoms with E-state index in [-0.39, 0.29) is 5.91 Å². The van der Waals surface area contributed by atoms with E-state index in [1.165, 1.54) is 6.20 Å². The molecule has 0 fully saturated rings. The molecule has 0 aliphatic rings. The number of carbonyl (C=O) groups excluding carboxylic acids is 1. The largest absolute Gasteiger partial charge is 0.352 e. The molecule has 1 heterocycles. The Bertz CT molecular complexity index is 360. The Labute approximate surface area is 105 Å². The van der Waals surface area contributed by atoms with Crippen LogP contribution in [0.25, 0.3) is 0 Å². The molecule has 1 unspecified atom stereocenters. The second kappa shape index (κ2) is 6.76. The van der Waals surface area contributed by atoms with Crippen molar-refractivity contribution in [3.8, 4) is 0 Å². The van der Waals surface area contributed by atoms with Gasteiger partial charge >= 0.3 is 0 Å². The number of nitrogens with zero attached hydrogens (tertiary/aromatic N) is 1. The van der Waals surface area contributed by atoms with E-state index in [1.54, 1.807) is 24.0 Å². The van der Waals surface area contributed by atoms with Gasteiger partial charge in [0.1, 0.15) is 0 Å². The number of halogens is 1. The first-order chi connectivity index (χ1) is 7.65. The molecule has 88 valence electrons. The number of aromatic nitrogens is 1. The molecule has 1 amide bonds. The Hall–Kier alpha value is -0.740. The maximum atomic E-state index is 11.7. The second-order valence-electron chi connectivity index (χ2n) is 3.63. The third kappa shape index (κ3) is 4.02. The summed E-state index contributed by atoms with van der Waals surface area (Å²) in [4.78, 5) is 15.6. The van der Waals surface area contributed by atoms with Gasteiger partial charge in [-0.1, -0.05) is 18.5 Å². The van der Waals surface area contributed by atoms with E-state index in [1.807, 2.05) is 0 Å². The summed E-state index contributed by atoms with van der Waals surface area (Å²) in [5.41, 5.74) is 0.480. The normalized spacial score (nSPS) is 12.2. The number of thioether (sulfide) groups is 1. The third-order valence-corrected chi connectivity index (χ3v) is 3.28. The highest BCUT2D eigenvalue weighted by molar-refractivity contribution is 7.98. The van der Waals surface area contributed by atoms with Crippen molar-refractivity contribution in [2.45, 2.75) is 6.92 Å². The van der Waals surface area contributed by atoms with Crippen LogP contribution < -0.4 is 5.32 Å². The number of hydrogen-bond acceptors (Lipinski definition) is 3. The molecule has 0 aliphatic heterocycles. The first kappa shape index (κ1) is 13.3. The molecular formula is C11H15ClN2OS. The Morgan fingerprint density at radius 1 is 1.69 bits per heavy atom. The average molecular weight is 259 g/mol. The topological polar surface area (TPSA) is 42.0 Å². The molecule has 0 aliphatic carbocycles. The summed E-state index contributed by atoms with van der Waals surface area (Å²) >= 11 is 7.64. The minimum Gasteiger partial charge on any atom is -0.352 e. The standard InChI is InChI=1S/C11H15ClN2OS/c1-8(7-16-2)5-14-11(15)9-3-4-13-6-10(9)12/h3-4,6,8H,5,7H2,1-2H3,(H,14,15). The lowest BCUT2D eigenvalue weighted by atomic mass is 10.2. The first-order valence-corrected chi connectivity index (χ1v) is 6.79. The molecule has 0 radical (unpaired) electrons. The van der Waals surface area contributed by atoms with Crippen LogP contribution in [-0.2, 0) is 0 Å². The summed E-state index contributed by atoms with van der Waals surface area (Å²) in [6.07, 6.45) is 5.09. The second-order valence-corrected chi connectivity index (χ2v) is 4.94. The quantitative estimate of drug-likeness (QED) is 0.882. The van der Waals surface area contributed by atoms with Gasteiger partial charge in [-0.05, 0) is 24.0 Å². The highest BCUT2D eigenvalue weighted by Gasteiger charge is 2.10. The molecule has 3 nitrogen and oxygen atoms in total. The summed E-state index contributed by atoms with van der Waals surface area (Å²) in [6.45, 7) is 2.77. The molecule has 1 rings (SSSR count). The molecular weight excluding hydrogens is 244 g/mol. The SMILES string of the molecule is CSCC(C)CNC(=O)c1ccncc1Cl. The molecule has 0 saturated heterocycles. The van der Waals surface area contributed by atoms with Crippen LogP contribution in [0, 0.1) is 5.92 Å². The highest BCUT2D eigenvalue weighted by Crippen LogP contribution is 2.13. The number of pyridine rings is 1. The van der Waals surface area contributed by atoms with Crippen molar-refractivity contribution in [2.75, 3.05) is 18.6 Å². The lowest BCUT2D eigenvalue weighted by molar-refractivity contribution is 0.0949. The Balaban J connectivity index is 2.50. The van der Waals surface area contributed by atoms with E-state index < -0.39 is 0 Å². The fourth-order valence-electron chi connectivity index (χ4n) is 1.26. The molecule has 0 saturated carbocycles.